The van der Waals surface area contributed by atoms with Crippen LogP contribution in [0.15, 0.2) is 16.5 Å². The van der Waals surface area contributed by atoms with E-state index in [0.29, 0.717) is 12.6 Å². The number of rotatable bonds is 5. The molecule has 2 atom stereocenters. The van der Waals surface area contributed by atoms with Gasteiger partial charge in [-0.05, 0) is 38.3 Å². The van der Waals surface area contributed by atoms with Crippen molar-refractivity contribution >= 4 is 5.91 Å². The summed E-state index contributed by atoms with van der Waals surface area (Å²) in [7, 11) is 1.70. The molecule has 110 valence electrons. The van der Waals surface area contributed by atoms with E-state index in [9.17, 15) is 4.79 Å². The van der Waals surface area contributed by atoms with E-state index in [1.807, 2.05) is 24.0 Å². The lowest BCUT2D eigenvalue weighted by Gasteiger charge is -2.24. The molecule has 5 nitrogen and oxygen atoms in total. The Morgan fingerprint density at radius 1 is 1.50 bits per heavy atom. The Hall–Kier alpha value is -1.33. The quantitative estimate of drug-likeness (QED) is 0.886. The monoisotopic (exact) mass is 278 g/mol. The third kappa shape index (κ3) is 2.88. The summed E-state index contributed by atoms with van der Waals surface area (Å²) in [5, 5.41) is 3.26. The third-order valence-corrected chi connectivity index (χ3v) is 4.11. The highest BCUT2D eigenvalue weighted by Gasteiger charge is 2.39. The Morgan fingerprint density at radius 2 is 2.30 bits per heavy atom. The fourth-order valence-electron chi connectivity index (χ4n) is 2.78. The first-order valence-corrected chi connectivity index (χ1v) is 7.29. The van der Waals surface area contributed by atoms with E-state index in [-0.39, 0.29) is 18.1 Å². The summed E-state index contributed by atoms with van der Waals surface area (Å²) < 4.78 is 10.9. The Labute approximate surface area is 119 Å². The Kier molecular flexibility index (Phi) is 3.81. The molecule has 2 fully saturated rings. The number of hydrogen-bond acceptors (Lipinski definition) is 4. The number of furan rings is 1. The van der Waals surface area contributed by atoms with E-state index >= 15 is 0 Å². The van der Waals surface area contributed by atoms with Crippen LogP contribution < -0.4 is 5.32 Å². The van der Waals surface area contributed by atoms with Gasteiger partial charge < -0.3 is 19.4 Å². The minimum absolute atomic E-state index is 0.114. The average Bonchev–Trinajstić information content (AvgIpc) is 3.02. The number of aryl methyl sites for hydroxylation is 1. The molecule has 1 aromatic heterocycles. The highest BCUT2D eigenvalue weighted by molar-refractivity contribution is 5.82. The SMILES string of the molecule is COC1CNC(C(=O)N(Cc2ccc(C)o2)C2CC2)C1. The van der Waals surface area contributed by atoms with Gasteiger partial charge in [0.1, 0.15) is 11.5 Å². The molecule has 2 heterocycles. The van der Waals surface area contributed by atoms with Crippen LogP contribution in [0, 0.1) is 6.92 Å². The molecule has 1 saturated carbocycles. The molecule has 1 N–H and O–H groups in total. The maximum absolute atomic E-state index is 12.7. The molecule has 0 spiro atoms. The van der Waals surface area contributed by atoms with E-state index in [4.69, 9.17) is 9.15 Å². The molecule has 1 saturated heterocycles. The number of carbonyl (C=O) groups excluding carboxylic acids is 1. The summed E-state index contributed by atoms with van der Waals surface area (Å²) in [6, 6.07) is 4.17. The second kappa shape index (κ2) is 5.58. The van der Waals surface area contributed by atoms with Crippen LogP contribution in [0.1, 0.15) is 30.8 Å². The molecular formula is C15H22N2O3. The highest BCUT2D eigenvalue weighted by Crippen LogP contribution is 2.30. The second-order valence-corrected chi connectivity index (χ2v) is 5.76. The molecule has 2 aliphatic rings. The van der Waals surface area contributed by atoms with Gasteiger partial charge in [0, 0.05) is 19.7 Å². The average molecular weight is 278 g/mol. The van der Waals surface area contributed by atoms with Crippen molar-refractivity contribution in [1.29, 1.82) is 0 Å². The molecule has 2 unspecified atom stereocenters. The first kappa shape index (κ1) is 13.6. The lowest BCUT2D eigenvalue weighted by Crippen LogP contribution is -2.44. The smallest absolute Gasteiger partial charge is 0.240 e. The van der Waals surface area contributed by atoms with E-state index in [1.165, 1.54) is 0 Å². The van der Waals surface area contributed by atoms with E-state index in [2.05, 4.69) is 5.32 Å². The van der Waals surface area contributed by atoms with Crippen LogP contribution in [0.25, 0.3) is 0 Å². The molecule has 1 aliphatic heterocycles. The van der Waals surface area contributed by atoms with Crippen molar-refractivity contribution < 1.29 is 13.9 Å². The number of hydrogen-bond donors (Lipinski definition) is 1. The Balaban J connectivity index is 1.66. The summed E-state index contributed by atoms with van der Waals surface area (Å²) in [4.78, 5) is 14.6. The van der Waals surface area contributed by atoms with Crippen LogP contribution in [0.3, 0.4) is 0 Å². The number of nitrogens with zero attached hydrogens (tertiary/aromatic N) is 1. The Bertz CT molecular complexity index is 481. The van der Waals surface area contributed by atoms with E-state index in [0.717, 1.165) is 37.3 Å². The Morgan fingerprint density at radius 3 is 2.85 bits per heavy atom. The van der Waals surface area contributed by atoms with Gasteiger partial charge in [-0.2, -0.15) is 0 Å². The van der Waals surface area contributed by atoms with Gasteiger partial charge in [0.2, 0.25) is 5.91 Å². The molecule has 5 heteroatoms. The maximum atomic E-state index is 12.7. The zero-order valence-corrected chi connectivity index (χ0v) is 12.1. The largest absolute Gasteiger partial charge is 0.464 e. The molecule has 1 aliphatic carbocycles. The van der Waals surface area contributed by atoms with Gasteiger partial charge in [-0.25, -0.2) is 0 Å². The van der Waals surface area contributed by atoms with Crippen LogP contribution in [0.2, 0.25) is 0 Å². The summed E-state index contributed by atoms with van der Waals surface area (Å²) in [6.07, 6.45) is 3.11. The molecule has 20 heavy (non-hydrogen) atoms. The highest BCUT2D eigenvalue weighted by atomic mass is 16.5. The molecule has 0 aromatic carbocycles. The maximum Gasteiger partial charge on any atom is 0.240 e. The molecule has 0 radical (unpaired) electrons. The molecule has 1 aromatic rings. The van der Waals surface area contributed by atoms with Crippen molar-refractivity contribution in [3.63, 3.8) is 0 Å². The number of ether oxygens (including phenoxy) is 1. The lowest BCUT2D eigenvalue weighted by atomic mass is 10.1. The van der Waals surface area contributed by atoms with Crippen molar-refractivity contribution in [2.24, 2.45) is 0 Å². The van der Waals surface area contributed by atoms with Crippen molar-refractivity contribution in [3.8, 4) is 0 Å². The predicted octanol–water partition coefficient (Wildman–Crippen LogP) is 1.46. The topological polar surface area (TPSA) is 54.7 Å². The van der Waals surface area contributed by atoms with Gasteiger partial charge in [-0.3, -0.25) is 4.79 Å². The van der Waals surface area contributed by atoms with Gasteiger partial charge in [0.05, 0.1) is 18.7 Å². The summed E-state index contributed by atoms with van der Waals surface area (Å²) in [6.45, 7) is 3.26. The lowest BCUT2D eigenvalue weighted by molar-refractivity contribution is -0.134. The van der Waals surface area contributed by atoms with Gasteiger partial charge in [-0.15, -0.1) is 0 Å². The summed E-state index contributed by atoms with van der Waals surface area (Å²) >= 11 is 0. The number of methoxy groups -OCH3 is 1. The molecular weight excluding hydrogens is 256 g/mol. The number of nitrogens with one attached hydrogen (secondary N) is 1. The number of carbonyl (C=O) groups is 1. The number of amides is 1. The van der Waals surface area contributed by atoms with Crippen LogP contribution in [-0.4, -0.2) is 42.6 Å². The van der Waals surface area contributed by atoms with Crippen molar-refractivity contribution in [2.45, 2.75) is 50.9 Å². The van der Waals surface area contributed by atoms with Crippen molar-refractivity contribution in [1.82, 2.24) is 10.2 Å². The van der Waals surface area contributed by atoms with E-state index < -0.39 is 0 Å². The zero-order valence-electron chi connectivity index (χ0n) is 12.1. The first-order chi connectivity index (χ1) is 9.67. The molecule has 0 bridgehead atoms. The molecule has 1 amide bonds. The van der Waals surface area contributed by atoms with Gasteiger partial charge >= 0.3 is 0 Å². The van der Waals surface area contributed by atoms with Gasteiger partial charge in [-0.1, -0.05) is 0 Å². The van der Waals surface area contributed by atoms with Crippen LogP contribution >= 0.6 is 0 Å². The predicted molar refractivity (Wildman–Crippen MR) is 74.2 cm³/mol. The van der Waals surface area contributed by atoms with Crippen LogP contribution in [0.4, 0.5) is 0 Å². The van der Waals surface area contributed by atoms with Gasteiger partial charge in [0.25, 0.3) is 0 Å². The fourth-order valence-corrected chi connectivity index (χ4v) is 2.78. The van der Waals surface area contributed by atoms with Crippen molar-refractivity contribution in [2.75, 3.05) is 13.7 Å². The first-order valence-electron chi connectivity index (χ1n) is 7.29. The van der Waals surface area contributed by atoms with Crippen molar-refractivity contribution in [3.05, 3.63) is 23.7 Å². The molecule has 3 rings (SSSR count). The van der Waals surface area contributed by atoms with Gasteiger partial charge in [0.15, 0.2) is 0 Å². The van der Waals surface area contributed by atoms with Crippen LogP contribution in [-0.2, 0) is 16.1 Å². The standard InChI is InChI=1S/C15H22N2O3/c1-10-3-6-12(20-10)9-17(11-4-5-11)15(18)14-7-13(19-2)8-16-14/h3,6,11,13-14,16H,4-5,7-9H2,1-2H3. The second-order valence-electron chi connectivity index (χ2n) is 5.76. The minimum atomic E-state index is -0.114. The summed E-state index contributed by atoms with van der Waals surface area (Å²) in [5.74, 6) is 1.94. The zero-order chi connectivity index (χ0) is 14.1. The normalized spacial score (nSPS) is 25.9. The fraction of sp³-hybridized carbons (Fsp3) is 0.667. The minimum Gasteiger partial charge on any atom is -0.464 e. The van der Waals surface area contributed by atoms with Crippen LogP contribution in [0.5, 0.6) is 0 Å². The third-order valence-electron chi connectivity index (χ3n) is 4.11. The van der Waals surface area contributed by atoms with E-state index in [1.54, 1.807) is 7.11 Å². The summed E-state index contributed by atoms with van der Waals surface area (Å²) in [5.41, 5.74) is 0.